The summed E-state index contributed by atoms with van der Waals surface area (Å²) in [5.41, 5.74) is 1.52. The van der Waals surface area contributed by atoms with Crippen molar-refractivity contribution in [2.24, 2.45) is 0 Å². The molecule has 0 unspecified atom stereocenters. The van der Waals surface area contributed by atoms with Gasteiger partial charge in [0, 0.05) is 5.69 Å². The number of aryl methyl sites for hydroxylation is 2. The Kier molecular flexibility index (Phi) is 6.09. The monoisotopic (exact) mass is 392 g/mol. The molecule has 0 aliphatic rings. The van der Waals surface area contributed by atoms with Crippen molar-refractivity contribution in [2.45, 2.75) is 13.8 Å². The first kappa shape index (κ1) is 19.9. The summed E-state index contributed by atoms with van der Waals surface area (Å²) in [6, 6.07) is 17.1. The van der Waals surface area contributed by atoms with Gasteiger partial charge in [-0.3, -0.25) is 9.59 Å². The van der Waals surface area contributed by atoms with E-state index in [4.69, 9.17) is 9.15 Å². The van der Waals surface area contributed by atoms with Gasteiger partial charge in [-0.15, -0.1) is 0 Å². The van der Waals surface area contributed by atoms with E-state index < -0.39 is 18.5 Å². The Morgan fingerprint density at radius 1 is 0.897 bits per heavy atom. The summed E-state index contributed by atoms with van der Waals surface area (Å²) in [6.07, 6.45) is 0. The molecule has 1 aromatic heterocycles. The molecule has 3 rings (SSSR count). The fourth-order valence-electron chi connectivity index (χ4n) is 2.74. The van der Waals surface area contributed by atoms with Crippen LogP contribution in [0.4, 0.5) is 11.4 Å². The summed E-state index contributed by atoms with van der Waals surface area (Å²) >= 11 is 0. The second-order valence-electron chi connectivity index (χ2n) is 6.32. The first-order valence-electron chi connectivity index (χ1n) is 8.93. The Morgan fingerprint density at radius 2 is 1.59 bits per heavy atom. The van der Waals surface area contributed by atoms with Crippen LogP contribution in [0.25, 0.3) is 0 Å². The third-order valence-corrected chi connectivity index (χ3v) is 4.07. The predicted molar refractivity (Wildman–Crippen MR) is 108 cm³/mol. The molecule has 29 heavy (non-hydrogen) atoms. The number of benzene rings is 2. The molecule has 2 N–H and O–H groups in total. The highest BCUT2D eigenvalue weighted by Crippen LogP contribution is 2.18. The van der Waals surface area contributed by atoms with E-state index >= 15 is 0 Å². The van der Waals surface area contributed by atoms with Gasteiger partial charge in [0.2, 0.25) is 0 Å². The minimum absolute atomic E-state index is 0.276. The SMILES string of the molecule is Cc1cc(C(=O)OCC(=O)Nc2ccccc2C(=O)Nc2ccccc2)c(C)o1. The lowest BCUT2D eigenvalue weighted by molar-refractivity contribution is -0.119. The quantitative estimate of drug-likeness (QED) is 0.619. The van der Waals surface area contributed by atoms with Crippen LogP contribution >= 0.6 is 0 Å². The van der Waals surface area contributed by atoms with Gasteiger partial charge in [0.1, 0.15) is 17.1 Å². The van der Waals surface area contributed by atoms with Crippen molar-refractivity contribution in [3.8, 4) is 0 Å². The molecule has 0 atom stereocenters. The van der Waals surface area contributed by atoms with Crippen molar-refractivity contribution in [1.29, 1.82) is 0 Å². The lowest BCUT2D eigenvalue weighted by Crippen LogP contribution is -2.23. The van der Waals surface area contributed by atoms with Gasteiger partial charge in [-0.25, -0.2) is 4.79 Å². The number of nitrogens with one attached hydrogen (secondary N) is 2. The van der Waals surface area contributed by atoms with Gasteiger partial charge in [0.05, 0.1) is 11.3 Å². The summed E-state index contributed by atoms with van der Waals surface area (Å²) in [5, 5.41) is 5.37. The lowest BCUT2D eigenvalue weighted by atomic mass is 10.1. The number of carbonyl (C=O) groups is 3. The maximum Gasteiger partial charge on any atom is 0.342 e. The Balaban J connectivity index is 1.62. The molecule has 0 radical (unpaired) electrons. The lowest BCUT2D eigenvalue weighted by Gasteiger charge is -2.11. The Labute approximate surface area is 167 Å². The average Bonchev–Trinajstić information content (AvgIpc) is 3.05. The van der Waals surface area contributed by atoms with Crippen LogP contribution in [0.15, 0.2) is 65.1 Å². The summed E-state index contributed by atoms with van der Waals surface area (Å²) in [5.74, 6) is -0.567. The summed E-state index contributed by atoms with van der Waals surface area (Å²) in [6.45, 7) is 2.87. The summed E-state index contributed by atoms with van der Waals surface area (Å²) < 4.78 is 10.3. The summed E-state index contributed by atoms with van der Waals surface area (Å²) in [7, 11) is 0. The van der Waals surface area contributed by atoms with Crippen molar-refractivity contribution in [1.82, 2.24) is 0 Å². The molecule has 0 saturated carbocycles. The average molecular weight is 392 g/mol. The molecular formula is C22H20N2O5. The highest BCUT2D eigenvalue weighted by Gasteiger charge is 2.18. The normalized spacial score (nSPS) is 10.3. The van der Waals surface area contributed by atoms with Crippen LogP contribution in [0.3, 0.4) is 0 Å². The molecule has 2 aromatic carbocycles. The van der Waals surface area contributed by atoms with Gasteiger partial charge in [-0.1, -0.05) is 30.3 Å². The molecule has 2 amide bonds. The van der Waals surface area contributed by atoms with Crippen LogP contribution in [0.5, 0.6) is 0 Å². The number of rotatable bonds is 6. The topological polar surface area (TPSA) is 97.6 Å². The zero-order valence-corrected chi connectivity index (χ0v) is 16.0. The van der Waals surface area contributed by atoms with Crippen LogP contribution in [0, 0.1) is 13.8 Å². The maximum atomic E-state index is 12.5. The van der Waals surface area contributed by atoms with E-state index in [1.807, 2.05) is 6.07 Å². The van der Waals surface area contributed by atoms with E-state index in [0.29, 0.717) is 22.9 Å². The molecule has 0 aliphatic heterocycles. The molecule has 0 spiro atoms. The van der Waals surface area contributed by atoms with Gasteiger partial charge < -0.3 is 19.8 Å². The minimum atomic E-state index is -0.649. The number of amides is 2. The van der Waals surface area contributed by atoms with Crippen molar-refractivity contribution >= 4 is 29.2 Å². The van der Waals surface area contributed by atoms with E-state index in [2.05, 4.69) is 10.6 Å². The maximum absolute atomic E-state index is 12.5. The number of carbonyl (C=O) groups excluding carboxylic acids is 3. The van der Waals surface area contributed by atoms with Crippen molar-refractivity contribution < 1.29 is 23.5 Å². The number of furan rings is 1. The predicted octanol–water partition coefficient (Wildman–Crippen LogP) is 3.94. The molecule has 3 aromatic rings. The molecule has 0 aliphatic carbocycles. The molecule has 7 nitrogen and oxygen atoms in total. The van der Waals surface area contributed by atoms with Crippen molar-refractivity contribution in [2.75, 3.05) is 17.2 Å². The summed E-state index contributed by atoms with van der Waals surface area (Å²) in [4.78, 5) is 36.9. The van der Waals surface area contributed by atoms with E-state index in [-0.39, 0.29) is 17.0 Å². The van der Waals surface area contributed by atoms with Gasteiger partial charge >= 0.3 is 5.97 Å². The van der Waals surface area contributed by atoms with Crippen LogP contribution in [-0.2, 0) is 9.53 Å². The minimum Gasteiger partial charge on any atom is -0.466 e. The first-order valence-corrected chi connectivity index (χ1v) is 8.93. The molecule has 0 saturated heterocycles. The molecule has 0 bridgehead atoms. The Bertz CT molecular complexity index is 1040. The standard InChI is InChI=1S/C22H20N2O5/c1-14-12-18(15(2)29-14)22(27)28-13-20(25)24-19-11-7-6-10-17(19)21(26)23-16-8-4-3-5-9-16/h3-12H,13H2,1-2H3,(H,23,26)(H,24,25). The van der Waals surface area contributed by atoms with Crippen LogP contribution < -0.4 is 10.6 Å². The van der Waals surface area contributed by atoms with Gasteiger partial charge in [-0.05, 0) is 44.2 Å². The highest BCUT2D eigenvalue weighted by molar-refractivity contribution is 6.10. The largest absolute Gasteiger partial charge is 0.466 e. The number of hydrogen-bond donors (Lipinski definition) is 2. The Hall–Kier alpha value is -3.87. The first-order chi connectivity index (χ1) is 13.9. The molecule has 7 heteroatoms. The molecule has 0 fully saturated rings. The van der Waals surface area contributed by atoms with Crippen molar-refractivity contribution in [3.63, 3.8) is 0 Å². The zero-order valence-electron chi connectivity index (χ0n) is 16.0. The van der Waals surface area contributed by atoms with E-state index in [9.17, 15) is 14.4 Å². The fraction of sp³-hybridized carbons (Fsp3) is 0.136. The van der Waals surface area contributed by atoms with E-state index in [0.717, 1.165) is 0 Å². The molecule has 1 heterocycles. The third-order valence-electron chi connectivity index (χ3n) is 4.07. The van der Waals surface area contributed by atoms with Gasteiger partial charge in [-0.2, -0.15) is 0 Å². The molecular weight excluding hydrogens is 372 g/mol. The van der Waals surface area contributed by atoms with Crippen LogP contribution in [-0.4, -0.2) is 24.4 Å². The van der Waals surface area contributed by atoms with Crippen LogP contribution in [0.1, 0.15) is 32.2 Å². The Morgan fingerprint density at radius 3 is 2.28 bits per heavy atom. The number of para-hydroxylation sites is 2. The van der Waals surface area contributed by atoms with E-state index in [1.165, 1.54) is 0 Å². The fourth-order valence-corrected chi connectivity index (χ4v) is 2.74. The van der Waals surface area contributed by atoms with Gasteiger partial charge in [0.15, 0.2) is 6.61 Å². The zero-order chi connectivity index (χ0) is 20.8. The van der Waals surface area contributed by atoms with Crippen molar-refractivity contribution in [3.05, 3.63) is 83.3 Å². The molecule has 148 valence electrons. The smallest absolute Gasteiger partial charge is 0.342 e. The second kappa shape index (κ2) is 8.88. The highest BCUT2D eigenvalue weighted by atomic mass is 16.5. The number of anilines is 2. The number of esters is 1. The van der Waals surface area contributed by atoms with Crippen LogP contribution in [0.2, 0.25) is 0 Å². The third kappa shape index (κ3) is 5.10. The number of hydrogen-bond acceptors (Lipinski definition) is 5. The van der Waals surface area contributed by atoms with Gasteiger partial charge in [0.25, 0.3) is 11.8 Å². The van der Waals surface area contributed by atoms with E-state index in [1.54, 1.807) is 68.4 Å². The second-order valence-corrected chi connectivity index (χ2v) is 6.32. The number of ether oxygens (including phenoxy) is 1.